The van der Waals surface area contributed by atoms with Crippen LogP contribution in [0.4, 0.5) is 0 Å². The lowest BCUT2D eigenvalue weighted by atomic mass is 9.91. The number of benzene rings is 1. The Morgan fingerprint density at radius 1 is 1.50 bits per heavy atom. The maximum atomic E-state index is 11.7. The van der Waals surface area contributed by atoms with E-state index in [0.717, 1.165) is 0 Å². The topological polar surface area (TPSA) is 138 Å². The zero-order valence-electron chi connectivity index (χ0n) is 14.8. The van der Waals surface area contributed by atoms with Gasteiger partial charge in [-0.15, -0.1) is 0 Å². The molecule has 8 heteroatoms. The highest BCUT2D eigenvalue weighted by Crippen LogP contribution is 2.25. The van der Waals surface area contributed by atoms with E-state index in [9.17, 15) is 9.59 Å². The zero-order chi connectivity index (χ0) is 19.5. The van der Waals surface area contributed by atoms with Crippen LogP contribution in [0.15, 0.2) is 35.5 Å². The number of nitrogens with one attached hydrogen (secondary N) is 2. The molecule has 0 bridgehead atoms. The van der Waals surface area contributed by atoms with Crippen LogP contribution in [0.3, 0.4) is 0 Å². The fourth-order valence-electron chi connectivity index (χ4n) is 2.21. The molecular formula is C18H24N4O4. The number of carbonyl (C=O) groups is 2. The lowest BCUT2D eigenvalue weighted by Crippen LogP contribution is -2.39. The molecule has 1 aromatic rings. The van der Waals surface area contributed by atoms with Gasteiger partial charge in [0.15, 0.2) is 11.5 Å². The second-order valence-corrected chi connectivity index (χ2v) is 5.64. The van der Waals surface area contributed by atoms with Gasteiger partial charge < -0.3 is 26.3 Å². The minimum Gasteiger partial charge on any atom is -0.504 e. The monoisotopic (exact) mass is 360 g/mol. The second kappa shape index (κ2) is 10.7. The zero-order valence-corrected chi connectivity index (χ0v) is 14.8. The maximum Gasteiger partial charge on any atom is 0.236 e. The average molecular weight is 360 g/mol. The van der Waals surface area contributed by atoms with Gasteiger partial charge in [-0.3, -0.25) is 14.6 Å². The number of aliphatic imine (C=N–C) groups is 1. The highest BCUT2D eigenvalue weighted by atomic mass is 16.5. The van der Waals surface area contributed by atoms with Crippen LogP contribution >= 0.6 is 0 Å². The summed E-state index contributed by atoms with van der Waals surface area (Å²) >= 11 is 0. The van der Waals surface area contributed by atoms with E-state index in [1.165, 1.54) is 19.4 Å². The van der Waals surface area contributed by atoms with Gasteiger partial charge in [-0.1, -0.05) is 13.0 Å². The third-order valence-corrected chi connectivity index (χ3v) is 3.68. The van der Waals surface area contributed by atoms with E-state index >= 15 is 0 Å². The van der Waals surface area contributed by atoms with Crippen LogP contribution in [0.2, 0.25) is 0 Å². The normalized spacial score (nSPS) is 18.1. The minimum absolute atomic E-state index is 0.0628. The Labute approximate surface area is 152 Å². The van der Waals surface area contributed by atoms with E-state index in [1.807, 2.05) is 13.0 Å². The number of amides is 2. The molecule has 2 rings (SSSR count). The van der Waals surface area contributed by atoms with Crippen molar-refractivity contribution in [1.82, 2.24) is 5.32 Å². The third kappa shape index (κ3) is 6.76. The van der Waals surface area contributed by atoms with Crippen molar-refractivity contribution in [3.63, 3.8) is 0 Å². The number of allylic oxidation sites excluding steroid dienone is 1. The molecule has 0 saturated carbocycles. The standard InChI is InChI=1S/C10H15N3O2.C8H9NO2/c1-7-5-12-4-2-3-8(7)10(15)13-6-9(11)14;1-11-8-4-6(5-9)2-3-7(8)10/h2,4-5,7-8H,3,6H2,1H3,(H2,11,14)(H,13,15);2-5,9-10H,1H3. The van der Waals surface area contributed by atoms with Crippen LogP contribution in [0.25, 0.3) is 0 Å². The summed E-state index contributed by atoms with van der Waals surface area (Å²) in [4.78, 5) is 26.2. The van der Waals surface area contributed by atoms with Gasteiger partial charge in [0.1, 0.15) is 0 Å². The minimum atomic E-state index is -0.533. The molecule has 1 aromatic carbocycles. The fourth-order valence-corrected chi connectivity index (χ4v) is 2.21. The van der Waals surface area contributed by atoms with Crippen LogP contribution < -0.4 is 15.8 Å². The Bertz CT molecular complexity index is 700. The number of phenolic OH excluding ortho intramolecular Hbond substituents is 1. The molecule has 1 heterocycles. The summed E-state index contributed by atoms with van der Waals surface area (Å²) < 4.78 is 4.83. The van der Waals surface area contributed by atoms with Gasteiger partial charge in [0, 0.05) is 30.5 Å². The molecule has 2 unspecified atom stereocenters. The van der Waals surface area contributed by atoms with Crippen LogP contribution in [0, 0.1) is 17.2 Å². The first-order valence-electron chi connectivity index (χ1n) is 8.00. The number of aromatic hydroxyl groups is 1. The summed E-state index contributed by atoms with van der Waals surface area (Å²) in [6, 6.07) is 4.74. The SMILES string of the molecule is CC1C=NC=CCC1C(=O)NCC(N)=O.COc1cc(C=N)ccc1O. The van der Waals surface area contributed by atoms with Crippen molar-refractivity contribution in [1.29, 1.82) is 5.41 Å². The Morgan fingerprint density at radius 2 is 2.23 bits per heavy atom. The van der Waals surface area contributed by atoms with E-state index in [2.05, 4.69) is 10.3 Å². The molecule has 0 saturated heterocycles. The number of ether oxygens (including phenoxy) is 1. The van der Waals surface area contributed by atoms with Crippen molar-refractivity contribution in [2.24, 2.45) is 22.6 Å². The predicted octanol–water partition coefficient (Wildman–Crippen LogP) is 1.23. The predicted molar refractivity (Wildman–Crippen MR) is 99.7 cm³/mol. The van der Waals surface area contributed by atoms with Crippen LogP contribution in [-0.4, -0.2) is 43.0 Å². The molecule has 0 radical (unpaired) electrons. The van der Waals surface area contributed by atoms with Gasteiger partial charge in [-0.2, -0.15) is 0 Å². The number of methoxy groups -OCH3 is 1. The smallest absolute Gasteiger partial charge is 0.236 e. The van der Waals surface area contributed by atoms with Crippen molar-refractivity contribution in [2.45, 2.75) is 13.3 Å². The molecule has 26 heavy (non-hydrogen) atoms. The molecule has 140 valence electrons. The molecule has 5 N–H and O–H groups in total. The van der Waals surface area contributed by atoms with E-state index in [-0.39, 0.29) is 30.0 Å². The Balaban J connectivity index is 0.000000273. The highest BCUT2D eigenvalue weighted by molar-refractivity contribution is 5.87. The number of rotatable bonds is 5. The third-order valence-electron chi connectivity index (χ3n) is 3.68. The van der Waals surface area contributed by atoms with Crippen LogP contribution in [0.1, 0.15) is 18.9 Å². The van der Waals surface area contributed by atoms with Crippen molar-refractivity contribution in [3.8, 4) is 11.5 Å². The summed E-state index contributed by atoms with van der Waals surface area (Å²) in [5.74, 6) is -0.308. The largest absolute Gasteiger partial charge is 0.504 e. The van der Waals surface area contributed by atoms with E-state index in [4.69, 9.17) is 21.0 Å². The number of nitrogens with zero attached hydrogens (tertiary/aromatic N) is 1. The summed E-state index contributed by atoms with van der Waals surface area (Å²) in [6.07, 6.45) is 7.08. The molecule has 0 spiro atoms. The van der Waals surface area contributed by atoms with E-state index in [0.29, 0.717) is 17.7 Å². The Kier molecular flexibility index (Phi) is 8.56. The summed E-state index contributed by atoms with van der Waals surface area (Å²) in [5, 5.41) is 18.6. The van der Waals surface area contributed by atoms with Crippen molar-refractivity contribution in [2.75, 3.05) is 13.7 Å². The summed E-state index contributed by atoms with van der Waals surface area (Å²) in [5.41, 5.74) is 5.65. The van der Waals surface area contributed by atoms with Gasteiger partial charge in [-0.05, 0) is 30.2 Å². The van der Waals surface area contributed by atoms with Crippen LogP contribution in [-0.2, 0) is 9.59 Å². The molecule has 0 aliphatic carbocycles. The number of carbonyl (C=O) groups excluding carboxylic acids is 2. The highest BCUT2D eigenvalue weighted by Gasteiger charge is 2.23. The molecule has 1 aliphatic heterocycles. The molecule has 2 amide bonds. The van der Waals surface area contributed by atoms with Crippen LogP contribution in [0.5, 0.6) is 11.5 Å². The lowest BCUT2D eigenvalue weighted by molar-refractivity contribution is -0.128. The van der Waals surface area contributed by atoms with Gasteiger partial charge in [0.25, 0.3) is 0 Å². The molecule has 0 fully saturated rings. The average Bonchev–Trinajstić information content (AvgIpc) is 2.85. The number of hydrogen-bond acceptors (Lipinski definition) is 6. The molecular weight excluding hydrogens is 336 g/mol. The van der Waals surface area contributed by atoms with Crippen molar-refractivity contribution in [3.05, 3.63) is 36.0 Å². The van der Waals surface area contributed by atoms with Gasteiger partial charge in [0.05, 0.1) is 13.7 Å². The summed E-state index contributed by atoms with van der Waals surface area (Å²) in [7, 11) is 1.47. The number of phenols is 1. The van der Waals surface area contributed by atoms with Crippen molar-refractivity contribution >= 4 is 24.2 Å². The van der Waals surface area contributed by atoms with Gasteiger partial charge >= 0.3 is 0 Å². The first-order chi connectivity index (χ1) is 12.4. The Morgan fingerprint density at radius 3 is 2.85 bits per heavy atom. The van der Waals surface area contributed by atoms with Gasteiger partial charge in [-0.25, -0.2) is 0 Å². The molecule has 2 atom stereocenters. The number of primary amides is 1. The summed E-state index contributed by atoms with van der Waals surface area (Å²) in [6.45, 7) is 1.81. The Hall–Kier alpha value is -3.16. The van der Waals surface area contributed by atoms with E-state index in [1.54, 1.807) is 24.5 Å². The maximum absolute atomic E-state index is 11.7. The van der Waals surface area contributed by atoms with Crippen molar-refractivity contribution < 1.29 is 19.4 Å². The molecule has 0 aromatic heterocycles. The van der Waals surface area contributed by atoms with E-state index < -0.39 is 5.91 Å². The van der Waals surface area contributed by atoms with Gasteiger partial charge in [0.2, 0.25) is 11.8 Å². The first kappa shape index (κ1) is 20.9. The molecule has 1 aliphatic rings. The second-order valence-electron chi connectivity index (χ2n) is 5.64. The quantitative estimate of drug-likeness (QED) is 0.587. The number of hydrogen-bond donors (Lipinski definition) is 4. The molecule has 8 nitrogen and oxygen atoms in total. The first-order valence-corrected chi connectivity index (χ1v) is 8.00. The fraction of sp³-hybridized carbons (Fsp3) is 0.333. The number of nitrogens with two attached hydrogens (primary N) is 1. The lowest BCUT2D eigenvalue weighted by Gasteiger charge is -2.17.